The number of fused-ring (bicyclic) bond motifs is 1. The number of nitrogens with one attached hydrogen (secondary N) is 1. The van der Waals surface area contributed by atoms with Gasteiger partial charge >= 0.3 is 0 Å². The zero-order chi connectivity index (χ0) is 11.7. The highest BCUT2D eigenvalue weighted by atomic mass is 35.5. The van der Waals surface area contributed by atoms with Crippen LogP contribution in [0.5, 0.6) is 5.75 Å². The van der Waals surface area contributed by atoms with Gasteiger partial charge in [-0.3, -0.25) is 9.59 Å². The number of Topliss-reactive ketones (excluding diaryl/α,β-unsaturated/α-hetero) is 1. The highest BCUT2D eigenvalue weighted by Gasteiger charge is 2.20. The number of hydrogen-bond acceptors (Lipinski definition) is 3. The first-order chi connectivity index (χ1) is 7.61. The van der Waals surface area contributed by atoms with Crippen molar-refractivity contribution in [2.24, 2.45) is 0 Å². The molecular formula is C11H10ClNO3. The van der Waals surface area contributed by atoms with E-state index in [0.717, 1.165) is 0 Å². The van der Waals surface area contributed by atoms with Crippen molar-refractivity contribution in [3.05, 3.63) is 22.7 Å². The molecule has 5 heteroatoms. The van der Waals surface area contributed by atoms with E-state index in [9.17, 15) is 9.59 Å². The van der Waals surface area contributed by atoms with Gasteiger partial charge in [-0.05, 0) is 12.1 Å². The second-order valence-corrected chi connectivity index (χ2v) is 3.85. The maximum atomic E-state index is 11.6. The first kappa shape index (κ1) is 11.0. The van der Waals surface area contributed by atoms with E-state index in [4.69, 9.17) is 16.3 Å². The number of carbonyl (C=O) groups is 2. The number of amides is 1. The molecule has 1 N–H and O–H groups in total. The van der Waals surface area contributed by atoms with Crippen LogP contribution in [-0.2, 0) is 4.79 Å². The van der Waals surface area contributed by atoms with Crippen molar-refractivity contribution in [1.29, 1.82) is 0 Å². The van der Waals surface area contributed by atoms with Crippen LogP contribution in [0, 0.1) is 0 Å². The molecule has 0 aromatic heterocycles. The molecular weight excluding hydrogens is 230 g/mol. The SMILES string of the molecule is CCC(=O)c1cc2c(cc1Cl)NC(=O)CO2. The number of rotatable bonds is 2. The van der Waals surface area contributed by atoms with Crippen molar-refractivity contribution in [2.45, 2.75) is 13.3 Å². The minimum Gasteiger partial charge on any atom is -0.482 e. The van der Waals surface area contributed by atoms with E-state index in [-0.39, 0.29) is 18.3 Å². The lowest BCUT2D eigenvalue weighted by Crippen LogP contribution is -2.25. The Balaban J connectivity index is 2.45. The van der Waals surface area contributed by atoms with E-state index in [1.54, 1.807) is 13.0 Å². The molecule has 0 unspecified atom stereocenters. The van der Waals surface area contributed by atoms with E-state index < -0.39 is 0 Å². The zero-order valence-corrected chi connectivity index (χ0v) is 9.43. The number of halogens is 1. The smallest absolute Gasteiger partial charge is 0.262 e. The molecule has 0 saturated heterocycles. The van der Waals surface area contributed by atoms with Crippen molar-refractivity contribution in [3.8, 4) is 5.75 Å². The van der Waals surface area contributed by atoms with Gasteiger partial charge in [0.15, 0.2) is 12.4 Å². The number of carbonyl (C=O) groups excluding carboxylic acids is 2. The molecule has 1 aromatic carbocycles. The Labute approximate surface area is 97.5 Å². The summed E-state index contributed by atoms with van der Waals surface area (Å²) in [4.78, 5) is 22.6. The molecule has 2 rings (SSSR count). The first-order valence-electron chi connectivity index (χ1n) is 4.91. The van der Waals surface area contributed by atoms with Crippen molar-refractivity contribution < 1.29 is 14.3 Å². The summed E-state index contributed by atoms with van der Waals surface area (Å²) in [7, 11) is 0. The van der Waals surface area contributed by atoms with Gasteiger partial charge in [-0.1, -0.05) is 18.5 Å². The number of ketones is 1. The fourth-order valence-electron chi connectivity index (χ4n) is 1.50. The fourth-order valence-corrected chi connectivity index (χ4v) is 1.77. The Morgan fingerprint density at radius 2 is 2.31 bits per heavy atom. The van der Waals surface area contributed by atoms with E-state index in [2.05, 4.69) is 5.32 Å². The molecule has 0 radical (unpaired) electrons. The molecule has 1 aliphatic heterocycles. The molecule has 0 atom stereocenters. The largest absolute Gasteiger partial charge is 0.482 e. The zero-order valence-electron chi connectivity index (χ0n) is 8.67. The number of anilines is 1. The van der Waals surface area contributed by atoms with Crippen molar-refractivity contribution >= 4 is 29.0 Å². The minimum absolute atomic E-state index is 0.0333. The lowest BCUT2D eigenvalue weighted by atomic mass is 10.1. The number of benzene rings is 1. The van der Waals surface area contributed by atoms with Gasteiger partial charge in [-0.25, -0.2) is 0 Å². The minimum atomic E-state index is -0.224. The van der Waals surface area contributed by atoms with Gasteiger partial charge in [-0.15, -0.1) is 0 Å². The first-order valence-corrected chi connectivity index (χ1v) is 5.29. The van der Waals surface area contributed by atoms with Crippen LogP contribution in [0.2, 0.25) is 5.02 Å². The van der Waals surface area contributed by atoms with Crippen LogP contribution in [0.15, 0.2) is 12.1 Å². The molecule has 4 nitrogen and oxygen atoms in total. The Bertz CT molecular complexity index is 471. The van der Waals surface area contributed by atoms with Crippen LogP contribution in [0.1, 0.15) is 23.7 Å². The fraction of sp³-hybridized carbons (Fsp3) is 0.273. The Morgan fingerprint density at radius 1 is 1.56 bits per heavy atom. The summed E-state index contributed by atoms with van der Waals surface area (Å²) in [6, 6.07) is 3.11. The second kappa shape index (κ2) is 4.14. The van der Waals surface area contributed by atoms with Crippen LogP contribution in [0.4, 0.5) is 5.69 Å². The summed E-state index contributed by atoms with van der Waals surface area (Å²) in [5, 5.41) is 2.96. The summed E-state index contributed by atoms with van der Waals surface area (Å²) in [6.07, 6.45) is 0.380. The van der Waals surface area contributed by atoms with Gasteiger partial charge in [-0.2, -0.15) is 0 Å². The normalized spacial score (nSPS) is 13.8. The molecule has 0 bridgehead atoms. The summed E-state index contributed by atoms with van der Waals surface area (Å²) in [6.45, 7) is 1.73. The summed E-state index contributed by atoms with van der Waals surface area (Å²) < 4.78 is 5.20. The lowest BCUT2D eigenvalue weighted by molar-refractivity contribution is -0.118. The number of ether oxygens (including phenoxy) is 1. The average Bonchev–Trinajstić information content (AvgIpc) is 2.27. The predicted octanol–water partition coefficient (Wildman–Crippen LogP) is 2.26. The van der Waals surface area contributed by atoms with Gasteiger partial charge in [0.25, 0.3) is 5.91 Å². The van der Waals surface area contributed by atoms with Gasteiger partial charge in [0.2, 0.25) is 0 Å². The third-order valence-electron chi connectivity index (χ3n) is 2.32. The van der Waals surface area contributed by atoms with E-state index in [1.807, 2.05) is 0 Å². The molecule has 0 fully saturated rings. The molecule has 84 valence electrons. The third kappa shape index (κ3) is 1.88. The van der Waals surface area contributed by atoms with Crippen molar-refractivity contribution in [3.63, 3.8) is 0 Å². The molecule has 16 heavy (non-hydrogen) atoms. The summed E-state index contributed by atoms with van der Waals surface area (Å²) in [5.41, 5.74) is 0.938. The van der Waals surface area contributed by atoms with Crippen LogP contribution in [0.3, 0.4) is 0 Å². The van der Waals surface area contributed by atoms with Gasteiger partial charge in [0.1, 0.15) is 5.75 Å². The van der Waals surface area contributed by atoms with Crippen molar-refractivity contribution in [2.75, 3.05) is 11.9 Å². The quantitative estimate of drug-likeness (QED) is 0.806. The predicted molar refractivity (Wildman–Crippen MR) is 60.2 cm³/mol. The molecule has 0 saturated carbocycles. The Morgan fingerprint density at radius 3 is 3.00 bits per heavy atom. The highest BCUT2D eigenvalue weighted by molar-refractivity contribution is 6.34. The maximum absolute atomic E-state index is 11.6. The van der Waals surface area contributed by atoms with Gasteiger partial charge < -0.3 is 10.1 Å². The molecule has 0 spiro atoms. The standard InChI is InChI=1S/C11H10ClNO3/c1-2-9(14)6-3-10-8(4-7(6)12)13-11(15)5-16-10/h3-4H,2,5H2,1H3,(H,13,15). The second-order valence-electron chi connectivity index (χ2n) is 3.44. The lowest BCUT2D eigenvalue weighted by Gasteiger charge is -2.19. The van der Waals surface area contributed by atoms with E-state index in [1.165, 1.54) is 6.07 Å². The van der Waals surface area contributed by atoms with E-state index >= 15 is 0 Å². The molecule has 1 aromatic rings. The molecule has 1 amide bonds. The van der Waals surface area contributed by atoms with E-state index in [0.29, 0.717) is 28.4 Å². The van der Waals surface area contributed by atoms with Gasteiger partial charge in [0.05, 0.1) is 10.7 Å². The van der Waals surface area contributed by atoms with Crippen LogP contribution < -0.4 is 10.1 Å². The summed E-state index contributed by atoms with van der Waals surface area (Å²) in [5.74, 6) is 0.215. The van der Waals surface area contributed by atoms with Crippen molar-refractivity contribution in [1.82, 2.24) is 0 Å². The average molecular weight is 240 g/mol. The van der Waals surface area contributed by atoms with Crippen LogP contribution in [0.25, 0.3) is 0 Å². The number of hydrogen-bond donors (Lipinski definition) is 1. The third-order valence-corrected chi connectivity index (χ3v) is 2.64. The summed E-state index contributed by atoms with van der Waals surface area (Å²) >= 11 is 5.95. The molecule has 1 aliphatic rings. The molecule has 1 heterocycles. The topological polar surface area (TPSA) is 55.4 Å². The van der Waals surface area contributed by atoms with Crippen LogP contribution in [-0.4, -0.2) is 18.3 Å². The Kier molecular flexibility index (Phi) is 2.83. The molecule has 0 aliphatic carbocycles. The maximum Gasteiger partial charge on any atom is 0.262 e. The highest BCUT2D eigenvalue weighted by Crippen LogP contribution is 2.33. The Hall–Kier alpha value is -1.55. The van der Waals surface area contributed by atoms with Crippen LogP contribution >= 0.6 is 11.6 Å². The van der Waals surface area contributed by atoms with Gasteiger partial charge in [0, 0.05) is 12.0 Å². The monoisotopic (exact) mass is 239 g/mol.